The fourth-order valence-corrected chi connectivity index (χ4v) is 4.89. The van der Waals surface area contributed by atoms with Gasteiger partial charge in [0.15, 0.2) is 0 Å². The van der Waals surface area contributed by atoms with Crippen molar-refractivity contribution in [3.8, 4) is 11.5 Å². The van der Waals surface area contributed by atoms with Crippen LogP contribution in [0.3, 0.4) is 0 Å². The Morgan fingerprint density at radius 1 is 0.973 bits per heavy atom. The van der Waals surface area contributed by atoms with Gasteiger partial charge in [0.05, 0.1) is 42.8 Å². The van der Waals surface area contributed by atoms with Crippen LogP contribution < -0.4 is 14.4 Å². The van der Waals surface area contributed by atoms with Crippen LogP contribution in [0, 0.1) is 0 Å². The van der Waals surface area contributed by atoms with Gasteiger partial charge in [0.2, 0.25) is 0 Å². The Balaban J connectivity index is 1.98. The van der Waals surface area contributed by atoms with Gasteiger partial charge in [-0.1, -0.05) is 53.5 Å². The summed E-state index contributed by atoms with van der Waals surface area (Å²) in [7, 11) is 2.80. The first-order valence-corrected chi connectivity index (χ1v) is 11.7. The van der Waals surface area contributed by atoms with E-state index in [-0.39, 0.29) is 33.4 Å². The fraction of sp³-hybridized carbons (Fsp3) is 0.148. The molecule has 1 saturated heterocycles. The molecule has 3 aromatic rings. The third-order valence-corrected chi connectivity index (χ3v) is 6.41. The van der Waals surface area contributed by atoms with Crippen molar-refractivity contribution in [2.24, 2.45) is 0 Å². The summed E-state index contributed by atoms with van der Waals surface area (Å²) < 4.78 is 10.9. The number of anilines is 1. The molecule has 1 aliphatic heterocycles. The molecule has 1 atom stereocenters. The van der Waals surface area contributed by atoms with E-state index in [1.807, 2.05) is 0 Å². The van der Waals surface area contributed by atoms with E-state index in [2.05, 4.69) is 0 Å². The number of carboxylic acids is 1. The van der Waals surface area contributed by atoms with E-state index in [1.165, 1.54) is 31.3 Å². The lowest BCUT2D eigenvalue weighted by Crippen LogP contribution is -2.29. The molecule has 1 fully saturated rings. The first-order valence-electron chi connectivity index (χ1n) is 11.0. The van der Waals surface area contributed by atoms with E-state index >= 15 is 0 Å². The summed E-state index contributed by atoms with van der Waals surface area (Å²) in [6.07, 6.45) is -0.204. The van der Waals surface area contributed by atoms with Crippen molar-refractivity contribution in [3.05, 3.63) is 93.0 Å². The molecule has 1 amide bonds. The second-order valence-corrected chi connectivity index (χ2v) is 8.96. The molecular formula is C27H21Cl2NO7. The summed E-state index contributed by atoms with van der Waals surface area (Å²) in [5.41, 5.74) is 1.09. The van der Waals surface area contributed by atoms with E-state index in [1.54, 1.807) is 48.5 Å². The van der Waals surface area contributed by atoms with Gasteiger partial charge in [-0.2, -0.15) is 0 Å². The number of amides is 1. The highest BCUT2D eigenvalue weighted by atomic mass is 35.5. The number of hydrogen-bond acceptors (Lipinski definition) is 6. The topological polar surface area (TPSA) is 113 Å². The number of ketones is 1. The van der Waals surface area contributed by atoms with Gasteiger partial charge < -0.3 is 19.7 Å². The zero-order chi connectivity index (χ0) is 26.9. The average molecular weight is 542 g/mol. The van der Waals surface area contributed by atoms with Crippen LogP contribution in [0.25, 0.3) is 5.76 Å². The van der Waals surface area contributed by atoms with E-state index in [4.69, 9.17) is 37.8 Å². The molecular weight excluding hydrogens is 521 g/mol. The monoisotopic (exact) mass is 541 g/mol. The minimum absolute atomic E-state index is 0.0368. The lowest BCUT2D eigenvalue weighted by Gasteiger charge is -2.27. The number of ether oxygens (including phenoxy) is 2. The molecule has 0 spiro atoms. The molecule has 1 heterocycles. The molecule has 0 aromatic heterocycles. The highest BCUT2D eigenvalue weighted by molar-refractivity contribution is 6.52. The van der Waals surface area contributed by atoms with Crippen LogP contribution in [-0.2, 0) is 20.8 Å². The maximum Gasteiger partial charge on any atom is 0.307 e. The maximum atomic E-state index is 13.4. The minimum atomic E-state index is -1.09. The molecule has 2 N–H and O–H groups in total. The molecule has 190 valence electrons. The summed E-state index contributed by atoms with van der Waals surface area (Å²) >= 11 is 12.4. The van der Waals surface area contributed by atoms with E-state index in [0.29, 0.717) is 22.6 Å². The molecule has 8 nitrogen and oxygen atoms in total. The number of rotatable bonds is 7. The van der Waals surface area contributed by atoms with Crippen molar-refractivity contribution in [2.45, 2.75) is 12.5 Å². The number of carboxylic acid groups (broad SMARTS) is 1. The number of para-hydroxylation sites is 1. The number of benzene rings is 3. The van der Waals surface area contributed by atoms with Crippen LogP contribution in [0.4, 0.5) is 5.69 Å². The van der Waals surface area contributed by atoms with Crippen molar-refractivity contribution < 1.29 is 34.1 Å². The third-order valence-electron chi connectivity index (χ3n) is 5.92. The Labute approximate surface area is 222 Å². The molecule has 0 aliphatic carbocycles. The van der Waals surface area contributed by atoms with Crippen LogP contribution in [0.1, 0.15) is 22.7 Å². The third kappa shape index (κ3) is 4.85. The number of methoxy groups -OCH3 is 2. The Morgan fingerprint density at radius 2 is 1.65 bits per heavy atom. The van der Waals surface area contributed by atoms with Crippen molar-refractivity contribution in [1.29, 1.82) is 0 Å². The highest BCUT2D eigenvalue weighted by Gasteiger charge is 2.48. The average Bonchev–Trinajstić information content (AvgIpc) is 3.13. The van der Waals surface area contributed by atoms with Crippen molar-refractivity contribution in [2.75, 3.05) is 19.1 Å². The molecule has 0 saturated carbocycles. The molecule has 0 bridgehead atoms. The number of aliphatic carboxylic acids is 1. The van der Waals surface area contributed by atoms with Gasteiger partial charge in [-0.25, -0.2) is 0 Å². The van der Waals surface area contributed by atoms with Gasteiger partial charge in [0, 0.05) is 16.3 Å². The van der Waals surface area contributed by atoms with Crippen LogP contribution >= 0.6 is 23.2 Å². The summed E-state index contributed by atoms with van der Waals surface area (Å²) in [5, 5.41) is 20.8. The number of nitrogens with zero attached hydrogens (tertiary/aromatic N) is 1. The lowest BCUT2D eigenvalue weighted by atomic mass is 9.94. The smallest absolute Gasteiger partial charge is 0.307 e. The number of aliphatic hydroxyl groups is 1. The second-order valence-electron chi connectivity index (χ2n) is 8.12. The molecule has 0 radical (unpaired) electrons. The number of carbonyl (C=O) groups excluding carboxylic acids is 2. The zero-order valence-electron chi connectivity index (χ0n) is 19.7. The molecule has 1 aliphatic rings. The van der Waals surface area contributed by atoms with Gasteiger partial charge in [-0.15, -0.1) is 0 Å². The number of aliphatic hydroxyl groups excluding tert-OH is 1. The van der Waals surface area contributed by atoms with Gasteiger partial charge in [-0.05, 0) is 35.9 Å². The normalized spacial score (nSPS) is 16.6. The first kappa shape index (κ1) is 26.1. The number of halogens is 2. The van der Waals surface area contributed by atoms with Crippen LogP contribution in [0.5, 0.6) is 11.5 Å². The van der Waals surface area contributed by atoms with E-state index < -0.39 is 29.5 Å². The van der Waals surface area contributed by atoms with Crippen LogP contribution in [0.15, 0.2) is 66.2 Å². The summed E-state index contributed by atoms with van der Waals surface area (Å²) in [5.74, 6) is -2.91. The van der Waals surface area contributed by atoms with Crippen molar-refractivity contribution in [1.82, 2.24) is 0 Å². The standard InChI is InChI=1S/C27H21Cl2NO7/c1-36-20-6-4-3-5-17(20)23-22(24(33)18-12-15(28)13-19(29)26(18)37-2)25(34)27(35)30(23)16-9-7-14(8-10-16)11-21(31)32/h3-10,12-13,23,33H,11H2,1-2H3,(H,31,32)/b24-22+. The number of Topliss-reactive ketones (excluding diaryl/α,β-unsaturated/α-hetero) is 1. The van der Waals surface area contributed by atoms with Crippen molar-refractivity contribution in [3.63, 3.8) is 0 Å². The van der Waals surface area contributed by atoms with Crippen molar-refractivity contribution >= 4 is 52.3 Å². The highest BCUT2D eigenvalue weighted by Crippen LogP contribution is 2.46. The van der Waals surface area contributed by atoms with Gasteiger partial charge in [-0.3, -0.25) is 19.3 Å². The van der Waals surface area contributed by atoms with Gasteiger partial charge >= 0.3 is 5.97 Å². The number of carbonyl (C=O) groups is 3. The van der Waals surface area contributed by atoms with E-state index in [0.717, 1.165) is 0 Å². The quantitative estimate of drug-likeness (QED) is 0.238. The minimum Gasteiger partial charge on any atom is -0.507 e. The predicted octanol–water partition coefficient (Wildman–Crippen LogP) is 5.26. The van der Waals surface area contributed by atoms with E-state index in [9.17, 15) is 19.5 Å². The molecule has 37 heavy (non-hydrogen) atoms. The Hall–Kier alpha value is -4.01. The maximum absolute atomic E-state index is 13.4. The summed E-state index contributed by atoms with van der Waals surface area (Å²) in [4.78, 5) is 39.1. The second kappa shape index (κ2) is 10.5. The predicted molar refractivity (Wildman–Crippen MR) is 139 cm³/mol. The first-order chi connectivity index (χ1) is 17.7. The zero-order valence-corrected chi connectivity index (χ0v) is 21.2. The molecule has 3 aromatic carbocycles. The van der Waals surface area contributed by atoms with Gasteiger partial charge in [0.1, 0.15) is 17.3 Å². The number of hydrogen-bond donors (Lipinski definition) is 2. The molecule has 10 heteroatoms. The van der Waals surface area contributed by atoms with Crippen LogP contribution in [-0.4, -0.2) is 42.1 Å². The Kier molecular flexibility index (Phi) is 7.42. The molecule has 4 rings (SSSR count). The van der Waals surface area contributed by atoms with Gasteiger partial charge in [0.25, 0.3) is 11.7 Å². The fourth-order valence-electron chi connectivity index (χ4n) is 4.32. The lowest BCUT2D eigenvalue weighted by molar-refractivity contribution is -0.136. The Morgan fingerprint density at radius 3 is 2.27 bits per heavy atom. The summed E-state index contributed by atoms with van der Waals surface area (Å²) in [6, 6.07) is 14.7. The van der Waals surface area contributed by atoms with Crippen LogP contribution in [0.2, 0.25) is 10.0 Å². The SMILES string of the molecule is COc1ccccc1C1/C(=C(\O)c2cc(Cl)cc(Cl)c2OC)C(=O)C(=O)N1c1ccc(CC(=O)O)cc1. The molecule has 1 unspecified atom stereocenters. The Bertz CT molecular complexity index is 1430. The largest absolute Gasteiger partial charge is 0.507 e. The summed E-state index contributed by atoms with van der Waals surface area (Å²) in [6.45, 7) is 0.